The summed E-state index contributed by atoms with van der Waals surface area (Å²) in [5.74, 6) is 5.40. The summed E-state index contributed by atoms with van der Waals surface area (Å²) < 4.78 is 0. The maximum absolute atomic E-state index is 2.38. The zero-order chi connectivity index (χ0) is 16.8. The van der Waals surface area contributed by atoms with E-state index in [0.717, 1.165) is 35.5 Å². The minimum absolute atomic E-state index is 0.863. The summed E-state index contributed by atoms with van der Waals surface area (Å²) >= 11 is 0. The largest absolute Gasteiger partial charge is 0.0696 e. The third-order valence-corrected chi connectivity index (χ3v) is 7.86. The van der Waals surface area contributed by atoms with Crippen molar-refractivity contribution < 1.29 is 0 Å². The maximum atomic E-state index is 2.38. The molecular formula is C24H34. The average Bonchev–Trinajstić information content (AvgIpc) is 3.18. The minimum Gasteiger partial charge on any atom is -0.0696 e. The number of hydrogen-bond acceptors (Lipinski definition) is 0. The van der Waals surface area contributed by atoms with Crippen LogP contribution in [0.2, 0.25) is 0 Å². The fraction of sp³-hybridized carbons (Fsp3) is 0.667. The summed E-state index contributed by atoms with van der Waals surface area (Å²) in [4.78, 5) is 0. The molecule has 0 aromatic heterocycles. The van der Waals surface area contributed by atoms with Crippen LogP contribution in [0.25, 0.3) is 0 Å². The molecule has 24 heavy (non-hydrogen) atoms. The highest BCUT2D eigenvalue weighted by atomic mass is 14.4. The normalized spacial score (nSPS) is 41.2. The molecule has 0 heterocycles. The van der Waals surface area contributed by atoms with Gasteiger partial charge in [-0.15, -0.1) is 0 Å². The van der Waals surface area contributed by atoms with Gasteiger partial charge in [0.25, 0.3) is 0 Å². The first-order valence-electron chi connectivity index (χ1n) is 10.2. The van der Waals surface area contributed by atoms with E-state index in [9.17, 15) is 0 Å². The first kappa shape index (κ1) is 16.4. The monoisotopic (exact) mass is 322 g/mol. The van der Waals surface area contributed by atoms with E-state index in [4.69, 9.17) is 0 Å². The number of hydrogen-bond donors (Lipinski definition) is 0. The molecule has 0 aromatic rings. The Labute approximate surface area is 148 Å². The van der Waals surface area contributed by atoms with Crippen LogP contribution in [0, 0.1) is 35.5 Å². The fourth-order valence-electron chi connectivity index (χ4n) is 6.26. The molecule has 4 rings (SSSR count). The summed E-state index contributed by atoms with van der Waals surface area (Å²) in [5.41, 5.74) is 6.56. The zero-order valence-corrected chi connectivity index (χ0v) is 16.0. The Morgan fingerprint density at radius 1 is 0.542 bits per heavy atom. The molecule has 4 aliphatic carbocycles. The zero-order valence-electron chi connectivity index (χ0n) is 16.0. The van der Waals surface area contributed by atoms with Gasteiger partial charge in [-0.1, -0.05) is 59.4 Å². The van der Waals surface area contributed by atoms with Crippen molar-refractivity contribution in [1.29, 1.82) is 0 Å². The van der Waals surface area contributed by atoms with Crippen LogP contribution in [0.15, 0.2) is 46.6 Å². The Morgan fingerprint density at radius 3 is 1.04 bits per heavy atom. The minimum atomic E-state index is 0.863. The molecule has 130 valence electrons. The van der Waals surface area contributed by atoms with E-state index < -0.39 is 0 Å². The molecule has 0 nitrogen and oxygen atoms in total. The van der Waals surface area contributed by atoms with Gasteiger partial charge in [-0.25, -0.2) is 0 Å². The highest BCUT2D eigenvalue weighted by molar-refractivity contribution is 5.30. The molecule has 0 amide bonds. The van der Waals surface area contributed by atoms with E-state index in [1.54, 1.807) is 22.3 Å². The number of rotatable bonds is 3. The lowest BCUT2D eigenvalue weighted by molar-refractivity contribution is 0.388. The summed E-state index contributed by atoms with van der Waals surface area (Å²) in [6, 6.07) is 0. The molecule has 0 spiro atoms. The quantitative estimate of drug-likeness (QED) is 0.532. The lowest BCUT2D eigenvalue weighted by Gasteiger charge is -2.24. The van der Waals surface area contributed by atoms with E-state index in [0.29, 0.717) is 0 Å². The topological polar surface area (TPSA) is 0 Å². The van der Waals surface area contributed by atoms with Crippen molar-refractivity contribution in [2.75, 3.05) is 0 Å². The molecule has 0 N–H and O–H groups in total. The Balaban J connectivity index is 1.33. The van der Waals surface area contributed by atoms with E-state index in [-0.39, 0.29) is 0 Å². The fourth-order valence-corrected chi connectivity index (χ4v) is 6.26. The predicted molar refractivity (Wildman–Crippen MR) is 104 cm³/mol. The molecule has 0 aromatic carbocycles. The van der Waals surface area contributed by atoms with E-state index in [2.05, 4.69) is 52.0 Å². The van der Waals surface area contributed by atoms with Crippen LogP contribution >= 0.6 is 0 Å². The van der Waals surface area contributed by atoms with Crippen LogP contribution in [0.3, 0.4) is 0 Å². The molecule has 2 saturated carbocycles. The van der Waals surface area contributed by atoms with E-state index in [1.165, 1.54) is 38.5 Å². The average molecular weight is 323 g/mol. The molecule has 2 fully saturated rings. The van der Waals surface area contributed by atoms with Crippen LogP contribution < -0.4 is 0 Å². The molecule has 0 aliphatic heterocycles. The van der Waals surface area contributed by atoms with Gasteiger partial charge in [0.2, 0.25) is 0 Å². The molecule has 4 aliphatic rings. The van der Waals surface area contributed by atoms with Crippen LogP contribution in [-0.2, 0) is 0 Å². The molecule has 0 radical (unpaired) electrons. The highest BCUT2D eigenvalue weighted by Gasteiger charge is 2.39. The van der Waals surface area contributed by atoms with Crippen LogP contribution in [-0.4, -0.2) is 0 Å². The Morgan fingerprint density at radius 2 is 0.792 bits per heavy atom. The third-order valence-electron chi connectivity index (χ3n) is 7.86. The van der Waals surface area contributed by atoms with Crippen molar-refractivity contribution in [3.05, 3.63) is 46.6 Å². The van der Waals surface area contributed by atoms with Crippen molar-refractivity contribution in [3.63, 3.8) is 0 Å². The van der Waals surface area contributed by atoms with Crippen LogP contribution in [0.5, 0.6) is 0 Å². The van der Waals surface area contributed by atoms with Gasteiger partial charge >= 0.3 is 0 Å². The van der Waals surface area contributed by atoms with Gasteiger partial charge in [0.05, 0.1) is 0 Å². The lowest BCUT2D eigenvalue weighted by Crippen LogP contribution is -2.13. The second kappa shape index (κ2) is 6.36. The Kier molecular flexibility index (Phi) is 4.35. The summed E-state index contributed by atoms with van der Waals surface area (Å²) in [6.07, 6.45) is 18.3. The Hall–Kier alpha value is -1.04. The molecule has 4 unspecified atom stereocenters. The second-order valence-electron chi connectivity index (χ2n) is 9.32. The van der Waals surface area contributed by atoms with E-state index >= 15 is 0 Å². The molecular weight excluding hydrogens is 288 g/mol. The summed E-state index contributed by atoms with van der Waals surface area (Å²) in [5, 5.41) is 0. The number of allylic oxidation sites excluding steroid dienone is 8. The molecule has 0 saturated heterocycles. The van der Waals surface area contributed by atoms with Gasteiger partial charge in [-0.3, -0.25) is 0 Å². The first-order chi connectivity index (χ1) is 11.5. The third kappa shape index (κ3) is 2.87. The standard InChI is InChI=1S/C24H34/c1-15-5-6-16(2)22-12-19(11-21(15)22)9-10-20-13-23-17(3)7-8-18(4)24(23)14-20/h5-8,19-24H,9-14H2,1-4H3. The van der Waals surface area contributed by atoms with Crippen LogP contribution in [0.1, 0.15) is 66.2 Å². The van der Waals surface area contributed by atoms with E-state index in [1.807, 2.05) is 0 Å². The van der Waals surface area contributed by atoms with Crippen molar-refractivity contribution in [3.8, 4) is 0 Å². The van der Waals surface area contributed by atoms with Gasteiger partial charge in [-0.05, 0) is 88.9 Å². The molecule has 0 bridgehead atoms. The summed E-state index contributed by atoms with van der Waals surface area (Å²) in [6.45, 7) is 9.42. The summed E-state index contributed by atoms with van der Waals surface area (Å²) in [7, 11) is 0. The van der Waals surface area contributed by atoms with Crippen molar-refractivity contribution >= 4 is 0 Å². The second-order valence-corrected chi connectivity index (χ2v) is 9.32. The highest BCUT2D eigenvalue weighted by Crippen LogP contribution is 2.51. The SMILES string of the molecule is CC1=CC=C(C)C2CC(CCC3CC4C(C)=CC=C(C)C4C3)CC12. The van der Waals surface area contributed by atoms with Gasteiger partial charge < -0.3 is 0 Å². The van der Waals surface area contributed by atoms with Crippen molar-refractivity contribution in [1.82, 2.24) is 0 Å². The maximum Gasteiger partial charge on any atom is -0.0134 e. The smallest absolute Gasteiger partial charge is 0.0134 e. The Bertz CT molecular complexity index is 518. The van der Waals surface area contributed by atoms with Crippen molar-refractivity contribution in [2.45, 2.75) is 66.2 Å². The van der Waals surface area contributed by atoms with Gasteiger partial charge in [0.1, 0.15) is 0 Å². The lowest BCUT2D eigenvalue weighted by atomic mass is 9.81. The van der Waals surface area contributed by atoms with Gasteiger partial charge in [0, 0.05) is 0 Å². The van der Waals surface area contributed by atoms with Crippen LogP contribution in [0.4, 0.5) is 0 Å². The molecule has 4 atom stereocenters. The number of fused-ring (bicyclic) bond motifs is 2. The van der Waals surface area contributed by atoms with Gasteiger partial charge in [0.15, 0.2) is 0 Å². The molecule has 0 heteroatoms. The van der Waals surface area contributed by atoms with Gasteiger partial charge in [-0.2, -0.15) is 0 Å². The van der Waals surface area contributed by atoms with Crippen molar-refractivity contribution in [2.24, 2.45) is 35.5 Å². The predicted octanol–water partition coefficient (Wildman–Crippen LogP) is 6.86. The first-order valence-corrected chi connectivity index (χ1v) is 10.2.